The number of ketones is 2. The van der Waals surface area contributed by atoms with Gasteiger partial charge in [-0.3, -0.25) is 14.4 Å². The summed E-state index contributed by atoms with van der Waals surface area (Å²) in [4.78, 5) is 64.3. The molecule has 2 saturated carbocycles. The highest BCUT2D eigenvalue weighted by Crippen LogP contribution is 2.67. The van der Waals surface area contributed by atoms with Gasteiger partial charge < -0.3 is 39.0 Å². The Balaban J connectivity index is 0.658. The quantitative estimate of drug-likeness (QED) is 0.0715. The third-order valence-electron chi connectivity index (χ3n) is 19.2. The fourth-order valence-corrected chi connectivity index (χ4v) is 15.0. The summed E-state index contributed by atoms with van der Waals surface area (Å²) in [5.41, 5.74) is 7.41. The summed E-state index contributed by atoms with van der Waals surface area (Å²) in [5.74, 6) is 1.00. The zero-order valence-corrected chi connectivity index (χ0v) is 45.1. The second-order valence-corrected chi connectivity index (χ2v) is 23.8. The zero-order valence-electron chi connectivity index (χ0n) is 45.1. The van der Waals surface area contributed by atoms with Crippen molar-refractivity contribution in [1.82, 2.24) is 19.4 Å². The second kappa shape index (κ2) is 20.2. The SMILES string of the molecule is CC[C@@]1(O)C(=O)OCc2c1cc1n(c2=O)Cc2cc3c(CN(C)C)c(OC4CCN(CCCCCCCN(C)c5ccc([C@H]6C[C@@]7(C)C(CC[C@]7(O)C(C)=O)C7CCC8=CC(=O)CCC8=C76)cc5)CC4)ccc3nc2-1. The molecule has 1 saturated heterocycles. The number of cyclic esters (lactones) is 1. The van der Waals surface area contributed by atoms with Gasteiger partial charge in [-0.1, -0.05) is 50.8 Å². The van der Waals surface area contributed by atoms with Crippen molar-refractivity contribution >= 4 is 34.1 Å². The molecule has 11 rings (SSSR count). The highest BCUT2D eigenvalue weighted by Gasteiger charge is 2.64. The summed E-state index contributed by atoms with van der Waals surface area (Å²) in [6, 6.07) is 17.0. The van der Waals surface area contributed by atoms with Crippen LogP contribution in [-0.4, -0.2) is 106 Å². The van der Waals surface area contributed by atoms with Crippen LogP contribution < -0.4 is 15.2 Å². The molecule has 4 aliphatic carbocycles. The lowest BCUT2D eigenvalue weighted by molar-refractivity contribution is -0.172. The fraction of sp³-hybridized carbons (Fsp3) is 0.565. The van der Waals surface area contributed by atoms with Crippen molar-refractivity contribution in [1.29, 1.82) is 0 Å². The number of carbonyl (C=O) groups is 3. The molecule has 5 heterocycles. The van der Waals surface area contributed by atoms with E-state index in [-0.39, 0.29) is 48.1 Å². The molecule has 75 heavy (non-hydrogen) atoms. The molecule has 2 unspecified atom stereocenters. The largest absolute Gasteiger partial charge is 0.490 e. The van der Waals surface area contributed by atoms with Crippen LogP contribution in [0.4, 0.5) is 5.69 Å². The normalized spacial score (nSPS) is 27.3. The van der Waals surface area contributed by atoms with Crippen LogP contribution in [0.2, 0.25) is 0 Å². The molecular formula is C62H77N5O8. The lowest BCUT2D eigenvalue weighted by Crippen LogP contribution is -2.55. The van der Waals surface area contributed by atoms with E-state index in [4.69, 9.17) is 14.5 Å². The summed E-state index contributed by atoms with van der Waals surface area (Å²) >= 11 is 0. The minimum atomic E-state index is -1.86. The summed E-state index contributed by atoms with van der Waals surface area (Å²) in [7, 11) is 6.30. The number of aromatic nitrogens is 2. The van der Waals surface area contributed by atoms with E-state index in [1.807, 2.05) is 18.2 Å². The molecule has 4 aromatic rings. The molecule has 0 radical (unpaired) electrons. The van der Waals surface area contributed by atoms with Crippen LogP contribution in [0.1, 0.15) is 151 Å². The van der Waals surface area contributed by atoms with E-state index in [2.05, 4.69) is 73.1 Å². The molecule has 2 aromatic carbocycles. The third-order valence-corrected chi connectivity index (χ3v) is 19.2. The number of ether oxygens (including phenoxy) is 2. The lowest BCUT2D eigenvalue weighted by Gasteiger charge is -2.54. The maximum Gasteiger partial charge on any atom is 0.343 e. The first-order valence-corrected chi connectivity index (χ1v) is 28.2. The second-order valence-electron chi connectivity index (χ2n) is 23.8. The predicted octanol–water partition coefficient (Wildman–Crippen LogP) is 9.29. The van der Waals surface area contributed by atoms with Gasteiger partial charge in [0.25, 0.3) is 5.56 Å². The Morgan fingerprint density at radius 2 is 1.68 bits per heavy atom. The van der Waals surface area contributed by atoms with Gasteiger partial charge in [-0.05, 0) is 169 Å². The van der Waals surface area contributed by atoms with Crippen molar-refractivity contribution in [3.8, 4) is 17.1 Å². The molecule has 2 N–H and O–H groups in total. The van der Waals surface area contributed by atoms with Gasteiger partial charge in [-0.25, -0.2) is 9.78 Å². The van der Waals surface area contributed by atoms with Crippen molar-refractivity contribution in [2.75, 3.05) is 52.2 Å². The summed E-state index contributed by atoms with van der Waals surface area (Å²) < 4.78 is 13.8. The molecule has 13 nitrogen and oxygen atoms in total. The Labute approximate surface area is 442 Å². The molecule has 6 atom stereocenters. The Bertz CT molecular complexity index is 3060. The van der Waals surface area contributed by atoms with Crippen LogP contribution in [0.15, 0.2) is 76.1 Å². The van der Waals surface area contributed by atoms with Crippen molar-refractivity contribution in [2.24, 2.45) is 17.3 Å². The fourth-order valence-electron chi connectivity index (χ4n) is 15.0. The van der Waals surface area contributed by atoms with Crippen LogP contribution in [-0.2, 0) is 44.4 Å². The number of piperidine rings is 1. The van der Waals surface area contributed by atoms with Crippen molar-refractivity contribution < 1.29 is 34.1 Å². The van der Waals surface area contributed by atoms with E-state index < -0.39 is 22.6 Å². The van der Waals surface area contributed by atoms with Gasteiger partial charge in [0.1, 0.15) is 24.1 Å². The first-order valence-electron chi connectivity index (χ1n) is 28.2. The minimum Gasteiger partial charge on any atom is -0.490 e. The maximum absolute atomic E-state index is 13.8. The zero-order chi connectivity index (χ0) is 52.6. The number of unbranched alkanes of at least 4 members (excludes halogenated alkanes) is 4. The molecular weight excluding hydrogens is 943 g/mol. The first-order chi connectivity index (χ1) is 36.0. The van der Waals surface area contributed by atoms with Gasteiger partial charge in [-0.15, -0.1) is 0 Å². The van der Waals surface area contributed by atoms with Gasteiger partial charge in [0, 0.05) is 78.7 Å². The van der Waals surface area contributed by atoms with Gasteiger partial charge in [-0.2, -0.15) is 0 Å². The molecule has 3 aliphatic heterocycles. The number of rotatable bonds is 16. The number of esters is 1. The predicted molar refractivity (Wildman–Crippen MR) is 291 cm³/mol. The van der Waals surface area contributed by atoms with Crippen LogP contribution in [0.3, 0.4) is 0 Å². The number of pyridine rings is 2. The topological polar surface area (TPSA) is 155 Å². The van der Waals surface area contributed by atoms with E-state index in [9.17, 15) is 29.4 Å². The Hall–Kier alpha value is -5.47. The molecule has 7 aliphatic rings. The number of anilines is 1. The summed E-state index contributed by atoms with van der Waals surface area (Å²) in [5, 5.41) is 24.3. The average Bonchev–Trinajstić information content (AvgIpc) is 3.95. The highest BCUT2D eigenvalue weighted by molar-refractivity contribution is 5.93. The number of nitrogens with zero attached hydrogens (tertiary/aromatic N) is 5. The van der Waals surface area contributed by atoms with Gasteiger partial charge >= 0.3 is 5.97 Å². The van der Waals surface area contributed by atoms with E-state index in [1.54, 1.807) is 24.5 Å². The highest BCUT2D eigenvalue weighted by atomic mass is 16.6. The van der Waals surface area contributed by atoms with Crippen LogP contribution in [0.25, 0.3) is 22.3 Å². The smallest absolute Gasteiger partial charge is 0.343 e. The standard InChI is InChI=1S/C62H77N5O8/c1-7-61(72)52-33-54-57-41(35-67(54)58(70)50(52)37-74-59(61)71)32-47-49(36-64(4)5)55(22-21-53(47)63-57)75-44-24-29-66(30-25-44)28-12-10-8-9-11-27-65(6)42-16-13-39(14-17-42)48-34-60(3)51(23-26-62(60,73)38(2)68)46-19-15-40-31-43(69)18-20-45(40)56(46)48/h13-14,16-17,21-22,31-33,44,46,48,51,72-73H,7-12,15,18-20,23-30,34-37H2,1-6H3/t46?,48-,51?,60+,61+,62+/m1/s1. The number of hydrogen-bond acceptors (Lipinski definition) is 12. The number of benzene rings is 2. The molecule has 2 aromatic heterocycles. The number of hydrogen-bond donors (Lipinski definition) is 2. The molecule has 13 heteroatoms. The summed E-state index contributed by atoms with van der Waals surface area (Å²) in [6.45, 7) is 10.5. The van der Waals surface area contributed by atoms with Gasteiger partial charge in [0.05, 0.1) is 29.0 Å². The van der Waals surface area contributed by atoms with Crippen molar-refractivity contribution in [3.63, 3.8) is 0 Å². The number of Topliss-reactive ketones (excluding diaryl/α,β-unsaturated/α-hetero) is 1. The van der Waals surface area contributed by atoms with E-state index >= 15 is 0 Å². The van der Waals surface area contributed by atoms with Crippen LogP contribution in [0.5, 0.6) is 5.75 Å². The third kappa shape index (κ3) is 9.01. The molecule has 398 valence electrons. The first kappa shape index (κ1) is 51.6. The molecule has 0 spiro atoms. The lowest BCUT2D eigenvalue weighted by atomic mass is 9.51. The molecule has 3 fully saturated rings. The number of fused-ring (bicyclic) bond motifs is 9. The maximum atomic E-state index is 13.8. The molecule has 0 bridgehead atoms. The van der Waals surface area contributed by atoms with Crippen molar-refractivity contribution in [3.05, 3.63) is 109 Å². The Morgan fingerprint density at radius 3 is 2.43 bits per heavy atom. The number of aliphatic hydroxyl groups is 2. The number of carbonyl (C=O) groups excluding carboxylic acids is 3. The van der Waals surface area contributed by atoms with Crippen LogP contribution in [0, 0.1) is 17.3 Å². The summed E-state index contributed by atoms with van der Waals surface area (Å²) in [6.07, 6.45) is 15.5. The number of allylic oxidation sites excluding steroid dienone is 4. The van der Waals surface area contributed by atoms with Gasteiger partial charge in [0.2, 0.25) is 0 Å². The van der Waals surface area contributed by atoms with Crippen LogP contribution >= 0.6 is 0 Å². The molecule has 0 amide bonds. The van der Waals surface area contributed by atoms with Crippen molar-refractivity contribution in [2.45, 2.75) is 160 Å². The Kier molecular flexibility index (Phi) is 13.9. The average molecular weight is 1020 g/mol. The van der Waals surface area contributed by atoms with E-state index in [0.717, 1.165) is 105 Å². The van der Waals surface area contributed by atoms with E-state index in [1.165, 1.54) is 53.7 Å². The Morgan fingerprint density at radius 1 is 0.920 bits per heavy atom. The van der Waals surface area contributed by atoms with Gasteiger partial charge in [0.15, 0.2) is 17.2 Å². The minimum absolute atomic E-state index is 0.0971. The monoisotopic (exact) mass is 1020 g/mol. The van der Waals surface area contributed by atoms with E-state index in [0.29, 0.717) is 54.4 Å². The number of likely N-dealkylation sites (tertiary alicyclic amines) is 1.